The summed E-state index contributed by atoms with van der Waals surface area (Å²) in [6.07, 6.45) is -0.198. The second kappa shape index (κ2) is 5.13. The van der Waals surface area contributed by atoms with Gasteiger partial charge >= 0.3 is 5.97 Å². The van der Waals surface area contributed by atoms with Crippen LogP contribution in [0.3, 0.4) is 0 Å². The van der Waals surface area contributed by atoms with Crippen molar-refractivity contribution < 1.29 is 29.2 Å². The number of nitrogens with zero attached hydrogens (tertiary/aromatic N) is 2. The molecule has 0 unspecified atom stereocenters. The molecule has 2 fully saturated rings. The van der Waals surface area contributed by atoms with Crippen LogP contribution in [0.4, 0.5) is 0 Å². The zero-order chi connectivity index (χ0) is 16.1. The predicted molar refractivity (Wildman–Crippen MR) is 70.3 cm³/mol. The van der Waals surface area contributed by atoms with E-state index in [2.05, 4.69) is 4.98 Å². The molecule has 1 aromatic rings. The number of ether oxygens (including phenoxy) is 3. The van der Waals surface area contributed by atoms with Crippen molar-refractivity contribution in [1.29, 1.82) is 0 Å². The summed E-state index contributed by atoms with van der Waals surface area (Å²) in [5.41, 5.74) is -1.40. The monoisotopic (exact) mass is 312 g/mol. The van der Waals surface area contributed by atoms with Gasteiger partial charge in [0.15, 0.2) is 12.0 Å². The first-order valence-electron chi connectivity index (χ1n) is 6.76. The topological polar surface area (TPSA) is 120 Å². The molecule has 0 bridgehead atoms. The molecule has 2 aliphatic heterocycles. The Morgan fingerprint density at radius 1 is 1.41 bits per heavy atom. The molecule has 2 N–H and O–H groups in total. The van der Waals surface area contributed by atoms with Crippen LogP contribution in [0.15, 0.2) is 17.2 Å². The normalized spacial score (nSPS) is 32.9. The Bertz CT molecular complexity index is 656. The van der Waals surface area contributed by atoms with Gasteiger partial charge in [0.25, 0.3) is 5.56 Å². The molecule has 9 nitrogen and oxygen atoms in total. The van der Waals surface area contributed by atoms with Crippen molar-refractivity contribution in [3.8, 4) is 0 Å². The van der Waals surface area contributed by atoms with Crippen LogP contribution in [0.25, 0.3) is 0 Å². The average Bonchev–Trinajstić information content (AvgIpc) is 2.92. The minimum absolute atomic E-state index is 0.303. The smallest absolute Gasteiger partial charge is 0.360 e. The lowest BCUT2D eigenvalue weighted by molar-refractivity contribution is -0.200. The molecule has 3 heterocycles. The van der Waals surface area contributed by atoms with Crippen molar-refractivity contribution in [3.63, 3.8) is 0 Å². The van der Waals surface area contributed by atoms with Crippen LogP contribution in [0.2, 0.25) is 0 Å². The standard InChI is InChI=1S/C13H16N2O7/c1-13(2)21-8-6(5-16)20-11(9(8)22-13)15-4-3-14-7(10(15)17)12(18)19/h3-4,6,8-9,11,16H,5H2,1-2H3,(H,18,19)/t6-,8-,9-,11-/m1/s1. The number of carboxylic acids is 1. The van der Waals surface area contributed by atoms with Gasteiger partial charge in [-0.2, -0.15) is 0 Å². The van der Waals surface area contributed by atoms with E-state index in [1.807, 2.05) is 0 Å². The van der Waals surface area contributed by atoms with Gasteiger partial charge in [-0.1, -0.05) is 0 Å². The van der Waals surface area contributed by atoms with Crippen molar-refractivity contribution in [3.05, 3.63) is 28.4 Å². The zero-order valence-electron chi connectivity index (χ0n) is 12.0. The molecule has 2 aliphatic rings. The van der Waals surface area contributed by atoms with Gasteiger partial charge in [0, 0.05) is 12.4 Å². The Labute approximate surface area is 125 Å². The van der Waals surface area contributed by atoms with Gasteiger partial charge in [0.1, 0.15) is 18.3 Å². The van der Waals surface area contributed by atoms with Gasteiger partial charge in [0.05, 0.1) is 6.61 Å². The first-order chi connectivity index (χ1) is 10.3. The highest BCUT2D eigenvalue weighted by molar-refractivity contribution is 5.84. The summed E-state index contributed by atoms with van der Waals surface area (Å²) in [6, 6.07) is 0. The van der Waals surface area contributed by atoms with E-state index in [9.17, 15) is 14.7 Å². The maximum Gasteiger partial charge on any atom is 0.360 e. The predicted octanol–water partition coefficient (Wildman–Crippen LogP) is -0.649. The molecule has 0 saturated carbocycles. The highest BCUT2D eigenvalue weighted by atomic mass is 16.8. The van der Waals surface area contributed by atoms with Crippen molar-refractivity contribution >= 4 is 5.97 Å². The summed E-state index contributed by atoms with van der Waals surface area (Å²) in [6.45, 7) is 3.13. The first-order valence-corrected chi connectivity index (χ1v) is 6.76. The molecule has 22 heavy (non-hydrogen) atoms. The fourth-order valence-corrected chi connectivity index (χ4v) is 2.80. The number of carbonyl (C=O) groups is 1. The summed E-state index contributed by atoms with van der Waals surface area (Å²) in [5, 5.41) is 18.4. The Hall–Kier alpha value is -1.81. The summed E-state index contributed by atoms with van der Waals surface area (Å²) in [5.74, 6) is -2.30. The molecule has 2 saturated heterocycles. The minimum Gasteiger partial charge on any atom is -0.476 e. The van der Waals surface area contributed by atoms with Crippen LogP contribution in [0, 0.1) is 0 Å². The van der Waals surface area contributed by atoms with Crippen LogP contribution in [0.1, 0.15) is 30.6 Å². The van der Waals surface area contributed by atoms with E-state index in [0.29, 0.717) is 0 Å². The van der Waals surface area contributed by atoms with Crippen LogP contribution >= 0.6 is 0 Å². The average molecular weight is 312 g/mol. The van der Waals surface area contributed by atoms with E-state index in [1.165, 1.54) is 12.4 Å². The summed E-state index contributed by atoms with van der Waals surface area (Å²) in [7, 11) is 0. The number of aliphatic hydroxyl groups is 1. The van der Waals surface area contributed by atoms with E-state index in [4.69, 9.17) is 19.3 Å². The molecule has 0 aromatic carbocycles. The molecule has 9 heteroatoms. The number of fused-ring (bicyclic) bond motifs is 1. The van der Waals surface area contributed by atoms with Gasteiger partial charge in [-0.25, -0.2) is 9.78 Å². The van der Waals surface area contributed by atoms with E-state index in [0.717, 1.165) is 4.57 Å². The molecule has 0 spiro atoms. The van der Waals surface area contributed by atoms with Gasteiger partial charge in [-0.15, -0.1) is 0 Å². The molecular formula is C13H16N2O7. The van der Waals surface area contributed by atoms with Gasteiger partial charge in [-0.3, -0.25) is 9.36 Å². The van der Waals surface area contributed by atoms with Gasteiger partial charge < -0.3 is 24.4 Å². The van der Waals surface area contributed by atoms with E-state index in [1.54, 1.807) is 13.8 Å². The number of hydrogen-bond acceptors (Lipinski definition) is 7. The third-order valence-electron chi connectivity index (χ3n) is 3.65. The first kappa shape index (κ1) is 15.1. The number of hydrogen-bond donors (Lipinski definition) is 2. The largest absolute Gasteiger partial charge is 0.476 e. The van der Waals surface area contributed by atoms with Crippen LogP contribution in [0.5, 0.6) is 0 Å². The molecular weight excluding hydrogens is 296 g/mol. The molecule has 0 radical (unpaired) electrons. The van der Waals surface area contributed by atoms with Crippen LogP contribution in [-0.4, -0.2) is 56.4 Å². The fourth-order valence-electron chi connectivity index (χ4n) is 2.80. The molecule has 0 aliphatic carbocycles. The fraction of sp³-hybridized carbons (Fsp3) is 0.615. The van der Waals surface area contributed by atoms with Crippen LogP contribution < -0.4 is 5.56 Å². The van der Waals surface area contributed by atoms with Gasteiger partial charge in [0.2, 0.25) is 5.69 Å². The molecule has 4 atom stereocenters. The number of aromatic nitrogens is 2. The minimum atomic E-state index is -1.42. The second-order valence-corrected chi connectivity index (χ2v) is 5.61. The van der Waals surface area contributed by atoms with Crippen molar-refractivity contribution in [2.75, 3.05) is 6.61 Å². The Morgan fingerprint density at radius 2 is 2.09 bits per heavy atom. The number of rotatable bonds is 3. The lowest BCUT2D eigenvalue weighted by Gasteiger charge is -2.24. The number of aliphatic hydroxyl groups excluding tert-OH is 1. The number of carboxylic acid groups (broad SMARTS) is 1. The molecule has 0 amide bonds. The SMILES string of the molecule is CC1(C)O[C@@H]2[C@H](O1)[C@@H](CO)O[C@H]2n1ccnc(C(=O)O)c1=O. The zero-order valence-corrected chi connectivity index (χ0v) is 12.0. The molecule has 3 rings (SSSR count). The molecule has 1 aromatic heterocycles. The van der Waals surface area contributed by atoms with Gasteiger partial charge in [-0.05, 0) is 13.8 Å². The molecule has 120 valence electrons. The highest BCUT2D eigenvalue weighted by Gasteiger charge is 2.55. The highest BCUT2D eigenvalue weighted by Crippen LogP contribution is 2.42. The Balaban J connectivity index is 2.01. The van der Waals surface area contributed by atoms with Crippen molar-refractivity contribution in [2.45, 2.75) is 44.2 Å². The lowest BCUT2D eigenvalue weighted by atomic mass is 10.1. The lowest BCUT2D eigenvalue weighted by Crippen LogP contribution is -2.36. The van der Waals surface area contributed by atoms with Crippen molar-refractivity contribution in [2.24, 2.45) is 0 Å². The second-order valence-electron chi connectivity index (χ2n) is 5.61. The third kappa shape index (κ3) is 2.31. The van der Waals surface area contributed by atoms with E-state index in [-0.39, 0.29) is 6.61 Å². The number of aromatic carboxylic acids is 1. The quantitative estimate of drug-likeness (QED) is 0.755. The van der Waals surface area contributed by atoms with Crippen molar-refractivity contribution in [1.82, 2.24) is 9.55 Å². The summed E-state index contributed by atoms with van der Waals surface area (Å²) in [4.78, 5) is 26.8. The Morgan fingerprint density at radius 3 is 2.73 bits per heavy atom. The summed E-state index contributed by atoms with van der Waals surface area (Å²) >= 11 is 0. The van der Waals surface area contributed by atoms with E-state index >= 15 is 0 Å². The van der Waals surface area contributed by atoms with E-state index < -0.39 is 47.5 Å². The van der Waals surface area contributed by atoms with Crippen LogP contribution in [-0.2, 0) is 14.2 Å². The maximum atomic E-state index is 12.2. The third-order valence-corrected chi connectivity index (χ3v) is 3.65. The maximum absolute atomic E-state index is 12.2. The summed E-state index contributed by atoms with van der Waals surface area (Å²) < 4.78 is 18.2. The Kier molecular flexibility index (Phi) is 3.52.